The maximum absolute atomic E-state index is 13.0. The fraction of sp³-hybridized carbons (Fsp3) is 0.0667. The predicted octanol–water partition coefficient (Wildman–Crippen LogP) is 4.54. The molecule has 0 aliphatic carbocycles. The van der Waals surface area contributed by atoms with E-state index in [0.29, 0.717) is 16.3 Å². The van der Waals surface area contributed by atoms with Crippen LogP contribution in [0.25, 0.3) is 6.08 Å². The Bertz CT molecular complexity index is 653. The van der Waals surface area contributed by atoms with Gasteiger partial charge in [-0.3, -0.25) is 4.21 Å². The zero-order valence-corrected chi connectivity index (χ0v) is 11.9. The van der Waals surface area contributed by atoms with E-state index in [2.05, 4.69) is 0 Å². The van der Waals surface area contributed by atoms with Crippen molar-refractivity contribution < 1.29 is 13.0 Å². The molecule has 0 aromatic heterocycles. The first-order valence-electron chi connectivity index (χ1n) is 5.79. The molecular formula is C15H11ClF2OS. The van der Waals surface area contributed by atoms with Gasteiger partial charge in [0.1, 0.15) is 0 Å². The molecular weight excluding hydrogens is 302 g/mol. The molecule has 20 heavy (non-hydrogen) atoms. The van der Waals surface area contributed by atoms with Gasteiger partial charge in [-0.2, -0.15) is 0 Å². The minimum absolute atomic E-state index is 0.345. The predicted molar refractivity (Wildman–Crippen MR) is 78.7 cm³/mol. The zero-order chi connectivity index (χ0) is 14.5. The molecule has 0 bridgehead atoms. The average Bonchev–Trinajstić information content (AvgIpc) is 2.43. The monoisotopic (exact) mass is 312 g/mol. The van der Waals surface area contributed by atoms with Crippen LogP contribution in [0.2, 0.25) is 5.02 Å². The first kappa shape index (κ1) is 14.9. The van der Waals surface area contributed by atoms with Gasteiger partial charge in [-0.1, -0.05) is 29.8 Å². The summed E-state index contributed by atoms with van der Waals surface area (Å²) in [7, 11) is -1.23. The summed E-state index contributed by atoms with van der Waals surface area (Å²) in [5.74, 6) is -1.47. The van der Waals surface area contributed by atoms with E-state index < -0.39 is 22.4 Å². The van der Waals surface area contributed by atoms with Crippen LogP contribution in [0.3, 0.4) is 0 Å². The summed E-state index contributed by atoms with van der Waals surface area (Å²) in [6.45, 7) is 0. The van der Waals surface area contributed by atoms with Crippen LogP contribution in [0.15, 0.2) is 47.9 Å². The van der Waals surface area contributed by atoms with Crippen molar-refractivity contribution in [1.29, 1.82) is 0 Å². The lowest BCUT2D eigenvalue weighted by Gasteiger charge is -1.99. The van der Waals surface area contributed by atoms with E-state index in [0.717, 1.165) is 17.7 Å². The highest BCUT2D eigenvalue weighted by Gasteiger charge is 2.01. The number of rotatable bonds is 4. The van der Waals surface area contributed by atoms with Crippen molar-refractivity contribution in [3.63, 3.8) is 0 Å². The maximum atomic E-state index is 13.0. The van der Waals surface area contributed by atoms with Gasteiger partial charge in [0, 0.05) is 10.4 Å². The van der Waals surface area contributed by atoms with Gasteiger partial charge >= 0.3 is 0 Å². The summed E-state index contributed by atoms with van der Waals surface area (Å²) in [6, 6.07) is 10.6. The SMILES string of the molecule is O=S(/C=C/c1ccc(F)c(F)c1)Cc1ccc(Cl)cc1. The summed E-state index contributed by atoms with van der Waals surface area (Å²) in [4.78, 5) is 0. The highest BCUT2D eigenvalue weighted by molar-refractivity contribution is 7.87. The van der Waals surface area contributed by atoms with Gasteiger partial charge in [0.15, 0.2) is 11.6 Å². The lowest BCUT2D eigenvalue weighted by molar-refractivity contribution is 0.508. The Morgan fingerprint density at radius 2 is 1.75 bits per heavy atom. The van der Waals surface area contributed by atoms with Gasteiger partial charge in [-0.25, -0.2) is 8.78 Å². The van der Waals surface area contributed by atoms with E-state index >= 15 is 0 Å². The second-order valence-electron chi connectivity index (χ2n) is 4.13. The van der Waals surface area contributed by atoms with Crippen molar-refractivity contribution in [2.24, 2.45) is 0 Å². The van der Waals surface area contributed by atoms with Crippen LogP contribution < -0.4 is 0 Å². The van der Waals surface area contributed by atoms with E-state index in [1.54, 1.807) is 24.3 Å². The van der Waals surface area contributed by atoms with Crippen molar-refractivity contribution in [2.45, 2.75) is 5.75 Å². The van der Waals surface area contributed by atoms with E-state index in [1.165, 1.54) is 17.6 Å². The van der Waals surface area contributed by atoms with E-state index in [1.807, 2.05) is 0 Å². The van der Waals surface area contributed by atoms with E-state index in [-0.39, 0.29) is 0 Å². The van der Waals surface area contributed by atoms with Gasteiger partial charge in [-0.15, -0.1) is 0 Å². The molecule has 1 atom stereocenters. The molecule has 0 amide bonds. The molecule has 5 heteroatoms. The molecule has 0 fully saturated rings. The average molecular weight is 313 g/mol. The summed E-state index contributed by atoms with van der Waals surface area (Å²) < 4.78 is 37.6. The lowest BCUT2D eigenvalue weighted by atomic mass is 10.2. The molecule has 1 nitrogen and oxygen atoms in total. The lowest BCUT2D eigenvalue weighted by Crippen LogP contribution is -1.91. The molecule has 0 spiro atoms. The highest BCUT2D eigenvalue weighted by Crippen LogP contribution is 2.13. The number of hydrogen-bond acceptors (Lipinski definition) is 1. The molecule has 0 N–H and O–H groups in total. The van der Waals surface area contributed by atoms with Crippen molar-refractivity contribution in [3.8, 4) is 0 Å². The van der Waals surface area contributed by atoms with Crippen LogP contribution in [-0.4, -0.2) is 4.21 Å². The first-order chi connectivity index (χ1) is 9.54. The maximum Gasteiger partial charge on any atom is 0.159 e. The van der Waals surface area contributed by atoms with Gasteiger partial charge in [0.05, 0.1) is 16.6 Å². The standard InChI is InChI=1S/C15H11ClF2OS/c16-13-4-1-12(2-5-13)10-20(19)8-7-11-3-6-14(17)15(18)9-11/h1-9H,10H2/b8-7+. The van der Waals surface area contributed by atoms with Crippen LogP contribution in [0.1, 0.15) is 11.1 Å². The van der Waals surface area contributed by atoms with E-state index in [4.69, 9.17) is 11.6 Å². The molecule has 2 aromatic rings. The molecule has 1 unspecified atom stereocenters. The third kappa shape index (κ3) is 4.25. The third-order valence-electron chi connectivity index (χ3n) is 2.58. The van der Waals surface area contributed by atoms with Crippen LogP contribution >= 0.6 is 11.6 Å². The number of benzene rings is 2. The number of hydrogen-bond donors (Lipinski definition) is 0. The van der Waals surface area contributed by atoms with Crippen molar-refractivity contribution in [2.75, 3.05) is 0 Å². The highest BCUT2D eigenvalue weighted by atomic mass is 35.5. The van der Waals surface area contributed by atoms with Gasteiger partial charge < -0.3 is 0 Å². The summed E-state index contributed by atoms with van der Waals surface area (Å²) in [5.41, 5.74) is 1.36. The Kier molecular flexibility index (Phi) is 5.04. The smallest absolute Gasteiger partial charge is 0.159 e. The molecule has 0 radical (unpaired) electrons. The Morgan fingerprint density at radius 1 is 1.05 bits per heavy atom. The van der Waals surface area contributed by atoms with Crippen LogP contribution in [-0.2, 0) is 16.6 Å². The van der Waals surface area contributed by atoms with Crippen molar-refractivity contribution in [3.05, 3.63) is 75.7 Å². The summed E-state index contributed by atoms with van der Waals surface area (Å²) in [5, 5.41) is 2.08. The Balaban J connectivity index is 2.01. The zero-order valence-electron chi connectivity index (χ0n) is 10.4. The second-order valence-corrected chi connectivity index (χ2v) is 5.89. The minimum atomic E-state index is -1.23. The topological polar surface area (TPSA) is 17.1 Å². The van der Waals surface area contributed by atoms with Gasteiger partial charge in [0.25, 0.3) is 0 Å². The molecule has 0 heterocycles. The molecule has 2 rings (SSSR count). The minimum Gasteiger partial charge on any atom is -0.255 e. The Labute approximate surface area is 123 Å². The molecule has 2 aromatic carbocycles. The van der Waals surface area contributed by atoms with Gasteiger partial charge in [0.2, 0.25) is 0 Å². The fourth-order valence-electron chi connectivity index (χ4n) is 1.56. The summed E-state index contributed by atoms with van der Waals surface area (Å²) in [6.07, 6.45) is 1.51. The largest absolute Gasteiger partial charge is 0.255 e. The third-order valence-corrected chi connectivity index (χ3v) is 3.89. The van der Waals surface area contributed by atoms with Crippen LogP contribution in [0, 0.1) is 11.6 Å². The summed E-state index contributed by atoms with van der Waals surface area (Å²) >= 11 is 5.76. The Hall–Kier alpha value is -1.52. The normalized spacial score (nSPS) is 12.8. The Morgan fingerprint density at radius 3 is 2.40 bits per heavy atom. The number of halogens is 3. The first-order valence-corrected chi connectivity index (χ1v) is 7.55. The molecule has 0 saturated heterocycles. The quantitative estimate of drug-likeness (QED) is 0.810. The van der Waals surface area contributed by atoms with Gasteiger partial charge in [-0.05, 0) is 41.5 Å². The molecule has 104 valence electrons. The second kappa shape index (κ2) is 6.77. The van der Waals surface area contributed by atoms with E-state index in [9.17, 15) is 13.0 Å². The fourth-order valence-corrected chi connectivity index (χ4v) is 2.62. The molecule has 0 saturated carbocycles. The van der Waals surface area contributed by atoms with Crippen molar-refractivity contribution >= 4 is 28.5 Å². The molecule has 0 aliphatic rings. The van der Waals surface area contributed by atoms with Crippen LogP contribution in [0.5, 0.6) is 0 Å². The molecule has 0 aliphatic heterocycles. The van der Waals surface area contributed by atoms with Crippen molar-refractivity contribution in [1.82, 2.24) is 0 Å². The van der Waals surface area contributed by atoms with Crippen LogP contribution in [0.4, 0.5) is 8.78 Å².